The van der Waals surface area contributed by atoms with Crippen LogP contribution < -0.4 is 4.74 Å². The van der Waals surface area contributed by atoms with E-state index in [9.17, 15) is 14.7 Å². The molecular weight excluding hydrogens is 330 g/mol. The Kier molecular flexibility index (Phi) is 4.31. The van der Waals surface area contributed by atoms with Gasteiger partial charge >= 0.3 is 0 Å². The first-order chi connectivity index (χ1) is 12.6. The van der Waals surface area contributed by atoms with Crippen molar-refractivity contribution in [1.29, 1.82) is 0 Å². The lowest BCUT2D eigenvalue weighted by Gasteiger charge is -2.19. The molecule has 1 N–H and O–H groups in total. The molecular formula is C21H19NO4. The van der Waals surface area contributed by atoms with Crippen molar-refractivity contribution in [2.75, 3.05) is 13.2 Å². The number of β-amino-alcohol motifs (C(OH)–C–C–N with tert-alkyl or cyclic N) is 1. The standard InChI is InChI=1S/C21H19NO4/c23-16(12-22-20(24)18-7-3-4-8-19(18)21(22)25)13-26-17-10-9-14-5-1-2-6-15(14)11-17/h1-11,16,18-19,23H,12-13H2/t16-,18+,19+/m1/s1. The number of allylic oxidation sites excluding steroid dienone is 2. The number of aliphatic hydroxyl groups is 1. The summed E-state index contributed by atoms with van der Waals surface area (Å²) in [6, 6.07) is 13.6. The number of nitrogens with zero attached hydrogens (tertiary/aromatic N) is 1. The van der Waals surface area contributed by atoms with Gasteiger partial charge in [0.2, 0.25) is 11.8 Å². The predicted octanol–water partition coefficient (Wildman–Crippen LogP) is 2.31. The highest BCUT2D eigenvalue weighted by molar-refractivity contribution is 6.07. The summed E-state index contributed by atoms with van der Waals surface area (Å²) in [6.07, 6.45) is 6.08. The molecule has 1 saturated heterocycles. The number of fused-ring (bicyclic) bond motifs is 2. The second-order valence-corrected chi connectivity index (χ2v) is 6.58. The number of aliphatic hydroxyl groups excluding tert-OH is 1. The van der Waals surface area contributed by atoms with Crippen LogP contribution in [0.5, 0.6) is 5.75 Å². The molecule has 2 aromatic rings. The lowest BCUT2D eigenvalue weighted by Crippen LogP contribution is -2.39. The number of imide groups is 1. The lowest BCUT2D eigenvalue weighted by molar-refractivity contribution is -0.141. The van der Waals surface area contributed by atoms with Gasteiger partial charge in [-0.15, -0.1) is 0 Å². The number of rotatable bonds is 5. The van der Waals surface area contributed by atoms with Crippen LogP contribution in [-0.4, -0.2) is 41.1 Å². The number of likely N-dealkylation sites (tertiary alicyclic amines) is 1. The number of carbonyl (C=O) groups is 2. The second-order valence-electron chi connectivity index (χ2n) is 6.58. The van der Waals surface area contributed by atoms with E-state index in [0.29, 0.717) is 5.75 Å². The molecule has 1 aliphatic carbocycles. The average molecular weight is 349 g/mol. The zero-order chi connectivity index (χ0) is 18.1. The van der Waals surface area contributed by atoms with Gasteiger partial charge in [0.15, 0.2) is 0 Å². The van der Waals surface area contributed by atoms with Crippen molar-refractivity contribution in [1.82, 2.24) is 4.90 Å². The minimum atomic E-state index is -0.942. The van der Waals surface area contributed by atoms with Crippen molar-refractivity contribution in [3.8, 4) is 5.75 Å². The highest BCUT2D eigenvalue weighted by Gasteiger charge is 2.45. The first-order valence-electron chi connectivity index (χ1n) is 8.63. The topological polar surface area (TPSA) is 66.8 Å². The van der Waals surface area contributed by atoms with Gasteiger partial charge in [0.1, 0.15) is 18.5 Å². The fourth-order valence-corrected chi connectivity index (χ4v) is 3.44. The van der Waals surface area contributed by atoms with E-state index >= 15 is 0 Å². The van der Waals surface area contributed by atoms with E-state index in [1.807, 2.05) is 42.5 Å². The molecule has 1 fully saturated rings. The molecule has 3 atom stereocenters. The number of benzene rings is 2. The number of ether oxygens (including phenoxy) is 1. The largest absolute Gasteiger partial charge is 0.491 e. The molecule has 2 aliphatic rings. The van der Waals surface area contributed by atoms with Crippen LogP contribution in [0.2, 0.25) is 0 Å². The SMILES string of the molecule is O=C1[C@H]2C=CC=C[C@@H]2C(=O)N1C[C@@H](O)COc1ccc2ccccc2c1. The van der Waals surface area contributed by atoms with E-state index in [0.717, 1.165) is 15.7 Å². The summed E-state index contributed by atoms with van der Waals surface area (Å²) in [5.74, 6) is -0.765. The summed E-state index contributed by atoms with van der Waals surface area (Å²) >= 11 is 0. The second kappa shape index (κ2) is 6.77. The van der Waals surface area contributed by atoms with Crippen LogP contribution in [0.1, 0.15) is 0 Å². The number of carbonyl (C=O) groups excluding carboxylic acids is 2. The Bertz CT molecular complexity index is 887. The summed E-state index contributed by atoms with van der Waals surface area (Å²) in [5.41, 5.74) is 0. The summed E-state index contributed by atoms with van der Waals surface area (Å²) < 4.78 is 5.65. The Balaban J connectivity index is 1.38. The molecule has 1 aliphatic heterocycles. The van der Waals surface area contributed by atoms with Crippen LogP contribution in [0, 0.1) is 11.8 Å². The third-order valence-electron chi connectivity index (χ3n) is 4.79. The summed E-state index contributed by atoms with van der Waals surface area (Å²) in [5, 5.41) is 12.4. The van der Waals surface area contributed by atoms with Crippen molar-refractivity contribution in [3.05, 3.63) is 66.8 Å². The van der Waals surface area contributed by atoms with Crippen molar-refractivity contribution >= 4 is 22.6 Å². The van der Waals surface area contributed by atoms with E-state index in [1.165, 1.54) is 0 Å². The Morgan fingerprint density at radius 3 is 2.31 bits per heavy atom. The van der Waals surface area contributed by atoms with Crippen LogP contribution in [-0.2, 0) is 9.59 Å². The molecule has 4 rings (SSSR count). The number of hydrogen-bond acceptors (Lipinski definition) is 4. The molecule has 132 valence electrons. The maximum Gasteiger partial charge on any atom is 0.237 e. The molecule has 0 radical (unpaired) electrons. The Morgan fingerprint density at radius 2 is 1.62 bits per heavy atom. The van der Waals surface area contributed by atoms with Crippen molar-refractivity contribution < 1.29 is 19.4 Å². The van der Waals surface area contributed by atoms with Gasteiger partial charge in [-0.25, -0.2) is 0 Å². The van der Waals surface area contributed by atoms with Gasteiger partial charge in [-0.3, -0.25) is 14.5 Å². The van der Waals surface area contributed by atoms with Crippen LogP contribution in [0.25, 0.3) is 10.8 Å². The molecule has 5 heteroatoms. The van der Waals surface area contributed by atoms with Gasteiger partial charge in [0, 0.05) is 0 Å². The first-order valence-corrected chi connectivity index (χ1v) is 8.63. The molecule has 5 nitrogen and oxygen atoms in total. The minimum Gasteiger partial charge on any atom is -0.491 e. The molecule has 0 unspecified atom stereocenters. The highest BCUT2D eigenvalue weighted by Crippen LogP contribution is 2.31. The van der Waals surface area contributed by atoms with Crippen LogP contribution in [0.4, 0.5) is 0 Å². The van der Waals surface area contributed by atoms with Crippen molar-refractivity contribution in [3.63, 3.8) is 0 Å². The summed E-state index contributed by atoms with van der Waals surface area (Å²) in [7, 11) is 0. The Morgan fingerprint density at radius 1 is 0.962 bits per heavy atom. The van der Waals surface area contributed by atoms with Gasteiger partial charge in [-0.1, -0.05) is 54.6 Å². The smallest absolute Gasteiger partial charge is 0.237 e. The van der Waals surface area contributed by atoms with Crippen molar-refractivity contribution in [2.45, 2.75) is 6.10 Å². The maximum absolute atomic E-state index is 12.4. The van der Waals surface area contributed by atoms with Crippen LogP contribution in [0.15, 0.2) is 66.8 Å². The minimum absolute atomic E-state index is 0.0103. The molecule has 0 spiro atoms. The first kappa shape index (κ1) is 16.5. The zero-order valence-corrected chi connectivity index (χ0v) is 14.1. The third kappa shape index (κ3) is 3.02. The number of hydrogen-bond donors (Lipinski definition) is 1. The molecule has 1 heterocycles. The van der Waals surface area contributed by atoms with E-state index in [4.69, 9.17) is 4.74 Å². The fourth-order valence-electron chi connectivity index (χ4n) is 3.44. The normalized spacial score (nSPS) is 22.7. The van der Waals surface area contributed by atoms with Gasteiger partial charge in [-0.2, -0.15) is 0 Å². The van der Waals surface area contributed by atoms with Crippen LogP contribution in [0.3, 0.4) is 0 Å². The van der Waals surface area contributed by atoms with Gasteiger partial charge < -0.3 is 9.84 Å². The van der Waals surface area contributed by atoms with Crippen molar-refractivity contribution in [2.24, 2.45) is 11.8 Å². The molecule has 0 aromatic heterocycles. The van der Waals surface area contributed by atoms with Gasteiger partial charge in [0.05, 0.1) is 18.4 Å². The molecule has 26 heavy (non-hydrogen) atoms. The average Bonchev–Trinajstić information content (AvgIpc) is 2.91. The lowest BCUT2D eigenvalue weighted by atomic mass is 9.91. The van der Waals surface area contributed by atoms with E-state index in [2.05, 4.69) is 0 Å². The monoisotopic (exact) mass is 349 g/mol. The van der Waals surface area contributed by atoms with Gasteiger partial charge in [-0.05, 0) is 22.9 Å². The fraction of sp³-hybridized carbons (Fsp3) is 0.238. The summed E-state index contributed by atoms with van der Waals surface area (Å²) in [4.78, 5) is 25.9. The number of amides is 2. The maximum atomic E-state index is 12.4. The van der Waals surface area contributed by atoms with E-state index < -0.39 is 17.9 Å². The Hall–Kier alpha value is -2.92. The predicted molar refractivity (Wildman–Crippen MR) is 97.4 cm³/mol. The third-order valence-corrected chi connectivity index (χ3v) is 4.79. The quantitative estimate of drug-likeness (QED) is 0.841. The Labute approximate surface area is 151 Å². The van der Waals surface area contributed by atoms with E-state index in [1.54, 1.807) is 24.3 Å². The zero-order valence-electron chi connectivity index (χ0n) is 14.1. The molecule has 0 bridgehead atoms. The summed E-state index contributed by atoms with van der Waals surface area (Å²) in [6.45, 7) is -0.0453. The van der Waals surface area contributed by atoms with E-state index in [-0.39, 0.29) is 25.0 Å². The highest BCUT2D eigenvalue weighted by atomic mass is 16.5. The molecule has 2 amide bonds. The molecule has 0 saturated carbocycles. The van der Waals surface area contributed by atoms with Gasteiger partial charge in [0.25, 0.3) is 0 Å². The van der Waals surface area contributed by atoms with Crippen LogP contribution >= 0.6 is 0 Å². The molecule has 2 aromatic carbocycles.